The third-order valence-electron chi connectivity index (χ3n) is 0.684. The van der Waals surface area contributed by atoms with Gasteiger partial charge in [0, 0.05) is 25.9 Å². The van der Waals surface area contributed by atoms with Crippen molar-refractivity contribution in [3.05, 3.63) is 0 Å². The molecule has 0 spiro atoms. The highest BCUT2D eigenvalue weighted by molar-refractivity contribution is 8.01. The maximum atomic E-state index is 12.3. The highest BCUT2D eigenvalue weighted by Crippen LogP contribution is 2.37. The molecular formula is C4H6Cl2FNOS. The third-order valence-corrected chi connectivity index (χ3v) is 1.84. The fourth-order valence-electron chi connectivity index (χ4n) is 0.220. The molecule has 10 heavy (non-hydrogen) atoms. The molecule has 0 fully saturated rings. The highest BCUT2D eigenvalue weighted by atomic mass is 35.5. The predicted molar refractivity (Wildman–Crippen MR) is 41.6 cm³/mol. The van der Waals surface area contributed by atoms with Gasteiger partial charge in [0.1, 0.15) is 0 Å². The second-order valence-corrected chi connectivity index (χ2v) is 4.53. The predicted octanol–water partition coefficient (Wildman–Crippen LogP) is 2.17. The zero-order valence-electron chi connectivity index (χ0n) is 5.40. The first-order valence-corrected chi connectivity index (χ1v) is 3.86. The molecule has 0 rings (SSSR count). The molecule has 6 heteroatoms. The van der Waals surface area contributed by atoms with Crippen LogP contribution >= 0.6 is 35.1 Å². The SMILES string of the molecule is CC(=O)N(C)SC(F)(Cl)Cl. The number of hydrogen-bond donors (Lipinski definition) is 0. The first-order valence-electron chi connectivity index (χ1n) is 2.33. The van der Waals surface area contributed by atoms with Gasteiger partial charge >= 0.3 is 3.92 Å². The van der Waals surface area contributed by atoms with Crippen LogP contribution in [-0.4, -0.2) is 21.2 Å². The first kappa shape index (κ1) is 10.3. The topological polar surface area (TPSA) is 20.3 Å². The molecule has 1 amide bonds. The van der Waals surface area contributed by atoms with Gasteiger partial charge in [-0.25, -0.2) is 0 Å². The minimum absolute atomic E-state index is 0.312. The van der Waals surface area contributed by atoms with Gasteiger partial charge in [0.25, 0.3) is 0 Å². The van der Waals surface area contributed by atoms with Gasteiger partial charge in [-0.05, 0) is 0 Å². The smallest absolute Gasteiger partial charge is 0.285 e. The monoisotopic (exact) mass is 205 g/mol. The summed E-state index contributed by atoms with van der Waals surface area (Å²) in [6, 6.07) is 0. The fourth-order valence-corrected chi connectivity index (χ4v) is 1.28. The molecule has 0 saturated carbocycles. The molecule has 0 aromatic carbocycles. The van der Waals surface area contributed by atoms with E-state index < -0.39 is 3.92 Å². The van der Waals surface area contributed by atoms with Gasteiger partial charge in [-0.15, -0.1) is 0 Å². The Morgan fingerprint density at radius 3 is 2.20 bits per heavy atom. The fraction of sp³-hybridized carbons (Fsp3) is 0.750. The molecule has 0 radical (unpaired) electrons. The minimum Gasteiger partial charge on any atom is -0.285 e. The van der Waals surface area contributed by atoms with Crippen LogP contribution in [0.4, 0.5) is 4.39 Å². The summed E-state index contributed by atoms with van der Waals surface area (Å²) >= 11 is 10.3. The normalized spacial score (nSPS) is 11.3. The number of carbonyl (C=O) groups excluding carboxylic acids is 1. The van der Waals surface area contributed by atoms with Crippen LogP contribution in [0.3, 0.4) is 0 Å². The van der Waals surface area contributed by atoms with Crippen molar-refractivity contribution in [3.63, 3.8) is 0 Å². The summed E-state index contributed by atoms with van der Waals surface area (Å²) in [6.07, 6.45) is 0. The molecule has 0 aliphatic carbocycles. The summed E-state index contributed by atoms with van der Waals surface area (Å²) in [5.41, 5.74) is 0. The largest absolute Gasteiger partial charge is 0.323 e. The lowest BCUT2D eigenvalue weighted by molar-refractivity contribution is -0.123. The van der Waals surface area contributed by atoms with Crippen LogP contribution in [0.15, 0.2) is 0 Å². The average Bonchev–Trinajstić information content (AvgIpc) is 1.60. The average molecular weight is 206 g/mol. The van der Waals surface area contributed by atoms with Crippen molar-refractivity contribution < 1.29 is 9.18 Å². The van der Waals surface area contributed by atoms with Gasteiger partial charge in [0.15, 0.2) is 0 Å². The van der Waals surface area contributed by atoms with Gasteiger partial charge in [-0.1, -0.05) is 23.2 Å². The van der Waals surface area contributed by atoms with Crippen LogP contribution in [0.1, 0.15) is 6.92 Å². The summed E-state index contributed by atoms with van der Waals surface area (Å²) in [6.45, 7) is 1.28. The Morgan fingerprint density at radius 2 is 2.10 bits per heavy atom. The molecular weight excluding hydrogens is 200 g/mol. The Bertz CT molecular complexity index is 138. The van der Waals surface area contributed by atoms with E-state index in [1.165, 1.54) is 14.0 Å². The van der Waals surface area contributed by atoms with Gasteiger partial charge in [-0.2, -0.15) is 4.39 Å². The highest BCUT2D eigenvalue weighted by Gasteiger charge is 2.26. The number of halogens is 3. The molecule has 0 aromatic rings. The second-order valence-electron chi connectivity index (χ2n) is 1.55. The van der Waals surface area contributed by atoms with Crippen molar-refractivity contribution >= 4 is 41.1 Å². The van der Waals surface area contributed by atoms with E-state index in [2.05, 4.69) is 0 Å². The lowest BCUT2D eigenvalue weighted by Crippen LogP contribution is -2.19. The van der Waals surface area contributed by atoms with Crippen molar-refractivity contribution in [1.82, 2.24) is 4.31 Å². The van der Waals surface area contributed by atoms with Crippen LogP contribution in [0.2, 0.25) is 0 Å². The van der Waals surface area contributed by atoms with Crippen molar-refractivity contribution in [2.75, 3.05) is 7.05 Å². The molecule has 60 valence electrons. The zero-order valence-corrected chi connectivity index (χ0v) is 7.73. The van der Waals surface area contributed by atoms with Crippen molar-refractivity contribution in [2.24, 2.45) is 0 Å². The standard InChI is InChI=1S/C4H6Cl2FNOS/c1-3(9)8(2)10-4(5,6)7/h1-2H3. The van der Waals surface area contributed by atoms with E-state index in [-0.39, 0.29) is 5.91 Å². The van der Waals surface area contributed by atoms with Gasteiger partial charge in [0.2, 0.25) is 5.91 Å². The quantitative estimate of drug-likeness (QED) is 0.509. The molecule has 0 aliphatic heterocycles. The maximum Gasteiger partial charge on any atom is 0.323 e. The Labute approximate surface area is 72.8 Å². The molecule has 2 nitrogen and oxygen atoms in total. The lowest BCUT2D eigenvalue weighted by Gasteiger charge is -2.16. The lowest BCUT2D eigenvalue weighted by atomic mass is 10.7. The van der Waals surface area contributed by atoms with Crippen molar-refractivity contribution in [3.8, 4) is 0 Å². The third kappa shape index (κ3) is 5.14. The molecule has 0 heterocycles. The van der Waals surface area contributed by atoms with Crippen molar-refractivity contribution in [1.29, 1.82) is 0 Å². The number of carbonyl (C=O) groups is 1. The number of amides is 1. The summed E-state index contributed by atoms with van der Waals surface area (Å²) < 4.78 is 10.9. The second kappa shape index (κ2) is 3.64. The Hall–Kier alpha value is 0.330. The summed E-state index contributed by atoms with van der Waals surface area (Å²) in [5, 5.41) is 0. The molecule has 0 saturated heterocycles. The molecule has 0 bridgehead atoms. The molecule has 0 aromatic heterocycles. The number of alkyl halides is 3. The van der Waals surface area contributed by atoms with Crippen LogP contribution in [0, 0.1) is 0 Å². The molecule has 0 unspecified atom stereocenters. The number of rotatable bonds is 2. The van der Waals surface area contributed by atoms with E-state index in [4.69, 9.17) is 23.2 Å². The summed E-state index contributed by atoms with van der Waals surface area (Å²) in [5.74, 6) is -0.312. The van der Waals surface area contributed by atoms with E-state index >= 15 is 0 Å². The summed E-state index contributed by atoms with van der Waals surface area (Å²) in [4.78, 5) is 10.4. The Balaban J connectivity index is 3.80. The van der Waals surface area contributed by atoms with Crippen LogP contribution < -0.4 is 0 Å². The van der Waals surface area contributed by atoms with Crippen molar-refractivity contribution in [2.45, 2.75) is 10.8 Å². The van der Waals surface area contributed by atoms with Crippen LogP contribution in [-0.2, 0) is 4.79 Å². The van der Waals surface area contributed by atoms with Gasteiger partial charge in [-0.3, -0.25) is 9.10 Å². The van der Waals surface area contributed by atoms with E-state index in [1.807, 2.05) is 0 Å². The maximum absolute atomic E-state index is 12.3. The molecule has 0 N–H and O–H groups in total. The number of nitrogens with zero attached hydrogens (tertiary/aromatic N) is 1. The van der Waals surface area contributed by atoms with Gasteiger partial charge < -0.3 is 0 Å². The van der Waals surface area contributed by atoms with E-state index in [0.717, 1.165) is 4.31 Å². The minimum atomic E-state index is -2.43. The zero-order chi connectivity index (χ0) is 8.36. The molecule has 0 atom stereocenters. The molecule has 0 aliphatic rings. The number of hydrogen-bond acceptors (Lipinski definition) is 2. The van der Waals surface area contributed by atoms with E-state index in [9.17, 15) is 9.18 Å². The van der Waals surface area contributed by atoms with E-state index in [0.29, 0.717) is 11.9 Å². The van der Waals surface area contributed by atoms with Gasteiger partial charge in [0.05, 0.1) is 0 Å². The summed E-state index contributed by atoms with van der Waals surface area (Å²) in [7, 11) is 1.38. The Morgan fingerprint density at radius 1 is 1.70 bits per heavy atom. The van der Waals surface area contributed by atoms with Crippen LogP contribution in [0.5, 0.6) is 0 Å². The van der Waals surface area contributed by atoms with E-state index in [1.54, 1.807) is 0 Å². The Kier molecular flexibility index (Phi) is 3.76. The first-order chi connectivity index (χ1) is 4.33. The van der Waals surface area contributed by atoms with Crippen LogP contribution in [0.25, 0.3) is 0 Å².